The van der Waals surface area contributed by atoms with Crippen molar-refractivity contribution in [3.05, 3.63) is 23.8 Å². The molecule has 7 nitrogen and oxygen atoms in total. The van der Waals surface area contributed by atoms with Gasteiger partial charge in [-0.2, -0.15) is 0 Å². The highest BCUT2D eigenvalue weighted by Gasteiger charge is 2.34. The van der Waals surface area contributed by atoms with E-state index in [1.54, 1.807) is 0 Å². The number of amides is 3. The van der Waals surface area contributed by atoms with Gasteiger partial charge >= 0.3 is 6.03 Å². The van der Waals surface area contributed by atoms with Crippen molar-refractivity contribution in [2.75, 3.05) is 33.5 Å². The number of primary amides is 1. The number of rotatable bonds is 4. The molecule has 1 aromatic carbocycles. The third-order valence-electron chi connectivity index (χ3n) is 4.95. The molecule has 0 spiro atoms. The molecule has 0 radical (unpaired) electrons. The van der Waals surface area contributed by atoms with Crippen molar-refractivity contribution in [3.8, 4) is 11.5 Å². The maximum atomic E-state index is 12.4. The molecule has 1 saturated heterocycles. The van der Waals surface area contributed by atoms with Crippen molar-refractivity contribution >= 4 is 11.9 Å². The maximum Gasteiger partial charge on any atom is 0.314 e. The highest BCUT2D eigenvalue weighted by Crippen LogP contribution is 2.37. The molecule has 25 heavy (non-hydrogen) atoms. The number of carbonyl (C=O) groups is 2. The van der Waals surface area contributed by atoms with Crippen LogP contribution in [0.1, 0.15) is 25.3 Å². The molecule has 2 N–H and O–H groups in total. The summed E-state index contributed by atoms with van der Waals surface area (Å²) in [6.07, 6.45) is 2.86. The van der Waals surface area contributed by atoms with Crippen LogP contribution in [0.4, 0.5) is 4.79 Å². The summed E-state index contributed by atoms with van der Waals surface area (Å²) in [4.78, 5) is 26.7. The van der Waals surface area contributed by atoms with Crippen molar-refractivity contribution in [1.82, 2.24) is 9.80 Å². The number of likely N-dealkylation sites (tertiary alicyclic amines) is 1. The summed E-state index contributed by atoms with van der Waals surface area (Å²) in [5.41, 5.74) is 6.38. The fourth-order valence-electron chi connectivity index (χ4n) is 3.60. The van der Waals surface area contributed by atoms with E-state index in [0.29, 0.717) is 6.54 Å². The number of urea groups is 1. The van der Waals surface area contributed by atoms with Gasteiger partial charge in [0.15, 0.2) is 11.5 Å². The Morgan fingerprint density at radius 3 is 2.84 bits per heavy atom. The van der Waals surface area contributed by atoms with Crippen molar-refractivity contribution in [2.24, 2.45) is 11.1 Å². The van der Waals surface area contributed by atoms with Gasteiger partial charge in [0.1, 0.15) is 6.54 Å². The number of carbonyl (C=O) groups excluding carboxylic acids is 2. The molecule has 0 unspecified atom stereocenters. The van der Waals surface area contributed by atoms with Crippen LogP contribution >= 0.6 is 0 Å². The van der Waals surface area contributed by atoms with Gasteiger partial charge in [0, 0.05) is 20.1 Å². The Kier molecular flexibility index (Phi) is 4.74. The van der Waals surface area contributed by atoms with Gasteiger partial charge in [-0.25, -0.2) is 4.79 Å². The standard InChI is InChI=1S/C18H25N3O4/c1-18(9-13-4-5-14-15(8-13)25-12-24-14)6-3-7-21(11-18)16(22)10-20(2)17(19)23/h4-5,8H,3,6-7,9-12H2,1-2H3,(H2,19,23)/t18-/m0/s1. The molecule has 2 heterocycles. The van der Waals surface area contributed by atoms with Crippen molar-refractivity contribution in [2.45, 2.75) is 26.2 Å². The number of nitrogens with zero attached hydrogens (tertiary/aromatic N) is 2. The smallest absolute Gasteiger partial charge is 0.314 e. The first-order valence-corrected chi connectivity index (χ1v) is 8.53. The predicted octanol–water partition coefficient (Wildman–Crippen LogP) is 1.60. The average Bonchev–Trinajstić information content (AvgIpc) is 3.01. The van der Waals surface area contributed by atoms with Crippen LogP contribution in [0, 0.1) is 5.41 Å². The van der Waals surface area contributed by atoms with E-state index in [1.165, 1.54) is 17.5 Å². The van der Waals surface area contributed by atoms with Crippen LogP contribution in [0.3, 0.4) is 0 Å². The minimum atomic E-state index is -0.589. The topological polar surface area (TPSA) is 85.1 Å². The number of piperidine rings is 1. The lowest BCUT2D eigenvalue weighted by molar-refractivity contribution is -0.134. The molecule has 7 heteroatoms. The Balaban J connectivity index is 1.65. The molecule has 1 atom stereocenters. The number of fused-ring (bicyclic) bond motifs is 1. The Morgan fingerprint density at radius 2 is 2.08 bits per heavy atom. The molecule has 2 aliphatic heterocycles. The monoisotopic (exact) mass is 347 g/mol. The SMILES string of the molecule is CN(CC(=O)N1CCC[C@@](C)(Cc2ccc3c(c2)OCO3)C1)C(N)=O. The van der Waals surface area contributed by atoms with Gasteiger partial charge in [-0.1, -0.05) is 13.0 Å². The molecule has 1 aromatic rings. The van der Waals surface area contributed by atoms with Crippen LogP contribution in [0.25, 0.3) is 0 Å². The van der Waals surface area contributed by atoms with E-state index < -0.39 is 6.03 Å². The van der Waals surface area contributed by atoms with E-state index in [4.69, 9.17) is 15.2 Å². The lowest BCUT2D eigenvalue weighted by Gasteiger charge is -2.41. The highest BCUT2D eigenvalue weighted by atomic mass is 16.7. The predicted molar refractivity (Wildman–Crippen MR) is 92.4 cm³/mol. The van der Waals surface area contributed by atoms with Crippen molar-refractivity contribution in [1.29, 1.82) is 0 Å². The summed E-state index contributed by atoms with van der Waals surface area (Å²) in [6, 6.07) is 5.43. The molecule has 0 aromatic heterocycles. The van der Waals surface area contributed by atoms with E-state index in [1.807, 2.05) is 17.0 Å². The second kappa shape index (κ2) is 6.82. The second-order valence-corrected chi connectivity index (χ2v) is 7.29. The Labute approximate surface area is 147 Å². The second-order valence-electron chi connectivity index (χ2n) is 7.29. The van der Waals surface area contributed by atoms with Crippen LogP contribution in [-0.2, 0) is 11.2 Å². The molecule has 0 saturated carbocycles. The fraction of sp³-hybridized carbons (Fsp3) is 0.556. The zero-order valence-electron chi connectivity index (χ0n) is 14.8. The highest BCUT2D eigenvalue weighted by molar-refractivity contribution is 5.83. The number of hydrogen-bond acceptors (Lipinski definition) is 4. The fourth-order valence-corrected chi connectivity index (χ4v) is 3.60. The van der Waals surface area contributed by atoms with Gasteiger partial charge in [0.05, 0.1) is 0 Å². The lowest BCUT2D eigenvalue weighted by atomic mass is 9.77. The first kappa shape index (κ1) is 17.4. The third-order valence-corrected chi connectivity index (χ3v) is 4.95. The van der Waals surface area contributed by atoms with Gasteiger partial charge in [-0.3, -0.25) is 4.79 Å². The maximum absolute atomic E-state index is 12.4. The minimum absolute atomic E-state index is 0.00704. The van der Waals surface area contributed by atoms with Gasteiger partial charge in [-0.05, 0) is 42.4 Å². The first-order chi connectivity index (χ1) is 11.9. The molecule has 1 fully saturated rings. The van der Waals surface area contributed by atoms with Crippen molar-refractivity contribution < 1.29 is 19.1 Å². The largest absolute Gasteiger partial charge is 0.454 e. The van der Waals surface area contributed by atoms with E-state index in [-0.39, 0.29) is 24.7 Å². The van der Waals surface area contributed by atoms with Crippen LogP contribution in [-0.4, -0.2) is 55.2 Å². The molecule has 136 valence electrons. The van der Waals surface area contributed by atoms with Crippen LogP contribution in [0.15, 0.2) is 18.2 Å². The number of ether oxygens (including phenoxy) is 2. The van der Waals surface area contributed by atoms with Gasteiger partial charge in [-0.15, -0.1) is 0 Å². The summed E-state index contributed by atoms with van der Waals surface area (Å²) >= 11 is 0. The zero-order valence-corrected chi connectivity index (χ0v) is 14.8. The molecular formula is C18H25N3O4. The zero-order chi connectivity index (χ0) is 18.0. The summed E-state index contributed by atoms with van der Waals surface area (Å²) in [5, 5.41) is 0. The average molecular weight is 347 g/mol. The van der Waals surface area contributed by atoms with Gasteiger partial charge < -0.3 is 25.0 Å². The Bertz CT molecular complexity index is 678. The van der Waals surface area contributed by atoms with Crippen LogP contribution in [0.2, 0.25) is 0 Å². The number of hydrogen-bond donors (Lipinski definition) is 1. The van der Waals surface area contributed by atoms with Gasteiger partial charge in [0.25, 0.3) is 0 Å². The molecule has 3 amide bonds. The summed E-state index contributed by atoms with van der Waals surface area (Å²) < 4.78 is 10.8. The van der Waals surface area contributed by atoms with E-state index in [2.05, 4.69) is 13.0 Å². The molecule has 0 aliphatic carbocycles. The van der Waals surface area contributed by atoms with Crippen LogP contribution < -0.4 is 15.2 Å². The number of nitrogens with two attached hydrogens (primary N) is 1. The molecule has 2 aliphatic rings. The van der Waals surface area contributed by atoms with Crippen LogP contribution in [0.5, 0.6) is 11.5 Å². The summed E-state index contributed by atoms with van der Waals surface area (Å²) in [7, 11) is 1.54. The quantitative estimate of drug-likeness (QED) is 0.896. The number of likely N-dealkylation sites (N-methyl/N-ethyl adjacent to an activating group) is 1. The normalized spacial score (nSPS) is 21.9. The van der Waals surface area contributed by atoms with E-state index >= 15 is 0 Å². The van der Waals surface area contributed by atoms with Crippen molar-refractivity contribution in [3.63, 3.8) is 0 Å². The molecular weight excluding hydrogens is 322 g/mol. The first-order valence-electron chi connectivity index (χ1n) is 8.53. The van der Waals surface area contributed by atoms with E-state index in [9.17, 15) is 9.59 Å². The van der Waals surface area contributed by atoms with E-state index in [0.717, 1.165) is 37.3 Å². The summed E-state index contributed by atoms with van der Waals surface area (Å²) in [6.45, 7) is 3.89. The summed E-state index contributed by atoms with van der Waals surface area (Å²) in [5.74, 6) is 1.51. The minimum Gasteiger partial charge on any atom is -0.454 e. The molecule has 0 bridgehead atoms. The Hall–Kier alpha value is -2.44. The molecule has 3 rings (SSSR count). The third kappa shape index (κ3) is 3.97. The Morgan fingerprint density at radius 1 is 1.32 bits per heavy atom. The van der Waals surface area contributed by atoms with Gasteiger partial charge in [0.2, 0.25) is 12.7 Å². The number of benzene rings is 1. The lowest BCUT2D eigenvalue weighted by Crippen LogP contribution is -2.49.